The topological polar surface area (TPSA) is 68.2 Å². The van der Waals surface area contributed by atoms with E-state index in [1.165, 1.54) is 24.8 Å². The van der Waals surface area contributed by atoms with Crippen molar-refractivity contribution in [1.29, 1.82) is 0 Å². The van der Waals surface area contributed by atoms with E-state index in [1.54, 1.807) is 0 Å². The molecule has 0 bridgehead atoms. The number of nitrogens with one attached hydrogen (secondary N) is 1. The van der Waals surface area contributed by atoms with Crippen molar-refractivity contribution in [3.8, 4) is 0 Å². The van der Waals surface area contributed by atoms with Crippen LogP contribution in [-0.4, -0.2) is 27.2 Å². The van der Waals surface area contributed by atoms with Crippen LogP contribution in [0.4, 0.5) is 5.95 Å². The van der Waals surface area contributed by atoms with Crippen LogP contribution in [-0.2, 0) is 0 Å². The van der Waals surface area contributed by atoms with E-state index in [0.717, 1.165) is 24.6 Å². The Kier molecular flexibility index (Phi) is 3.38. The molecular weight excluding hydrogens is 238 g/mol. The average molecular weight is 259 g/mol. The number of fused-ring (bicyclic) bond motifs is 1. The fraction of sp³-hybridized carbons (Fsp3) is 0.571. The van der Waals surface area contributed by atoms with Gasteiger partial charge in [-0.3, -0.25) is 0 Å². The molecule has 2 unspecified atom stereocenters. The third-order valence-corrected chi connectivity index (χ3v) is 4.01. The van der Waals surface area contributed by atoms with Crippen LogP contribution < -0.4 is 11.1 Å². The van der Waals surface area contributed by atoms with Crippen LogP contribution in [0.15, 0.2) is 18.3 Å². The molecule has 1 saturated carbocycles. The summed E-state index contributed by atoms with van der Waals surface area (Å²) in [7, 11) is 0. The highest BCUT2D eigenvalue weighted by atomic mass is 15.3. The SMILES string of the molecule is Cc1ccc2nc(NC3CCCCC3CN)nn2c1. The van der Waals surface area contributed by atoms with E-state index in [4.69, 9.17) is 5.73 Å². The summed E-state index contributed by atoms with van der Waals surface area (Å²) in [5, 5.41) is 7.96. The number of nitrogens with zero attached hydrogens (tertiary/aromatic N) is 3. The summed E-state index contributed by atoms with van der Waals surface area (Å²) in [5.74, 6) is 1.26. The van der Waals surface area contributed by atoms with Crippen LogP contribution in [0.1, 0.15) is 31.2 Å². The average Bonchev–Trinajstić information content (AvgIpc) is 2.80. The maximum atomic E-state index is 5.86. The molecule has 0 amide bonds. The lowest BCUT2D eigenvalue weighted by Crippen LogP contribution is -2.37. The summed E-state index contributed by atoms with van der Waals surface area (Å²) >= 11 is 0. The molecule has 0 spiro atoms. The van der Waals surface area contributed by atoms with E-state index in [9.17, 15) is 0 Å². The summed E-state index contributed by atoms with van der Waals surface area (Å²) in [6.07, 6.45) is 6.92. The van der Waals surface area contributed by atoms with Gasteiger partial charge in [0.15, 0.2) is 5.65 Å². The Hall–Kier alpha value is -1.62. The fourth-order valence-corrected chi connectivity index (χ4v) is 2.89. The van der Waals surface area contributed by atoms with E-state index >= 15 is 0 Å². The van der Waals surface area contributed by atoms with Gasteiger partial charge in [-0.2, -0.15) is 4.98 Å². The molecule has 0 aromatic carbocycles. The number of aromatic nitrogens is 3. The summed E-state index contributed by atoms with van der Waals surface area (Å²) in [4.78, 5) is 4.52. The van der Waals surface area contributed by atoms with Crippen molar-refractivity contribution in [2.75, 3.05) is 11.9 Å². The third-order valence-electron chi connectivity index (χ3n) is 4.01. The summed E-state index contributed by atoms with van der Waals surface area (Å²) in [6, 6.07) is 4.46. The van der Waals surface area contributed by atoms with Gasteiger partial charge in [-0.05, 0) is 43.9 Å². The Balaban J connectivity index is 1.80. The number of rotatable bonds is 3. The molecule has 19 heavy (non-hydrogen) atoms. The largest absolute Gasteiger partial charge is 0.350 e. The Bertz CT molecular complexity index is 562. The van der Waals surface area contributed by atoms with E-state index in [2.05, 4.69) is 28.4 Å². The molecule has 0 aliphatic heterocycles. The van der Waals surface area contributed by atoms with E-state index < -0.39 is 0 Å². The first kappa shape index (κ1) is 12.4. The quantitative estimate of drug-likeness (QED) is 0.884. The van der Waals surface area contributed by atoms with Crippen LogP contribution in [0.2, 0.25) is 0 Å². The maximum Gasteiger partial charge on any atom is 0.243 e. The van der Waals surface area contributed by atoms with Crippen LogP contribution in [0.3, 0.4) is 0 Å². The van der Waals surface area contributed by atoms with Gasteiger partial charge in [0.2, 0.25) is 5.95 Å². The molecule has 5 heteroatoms. The van der Waals surface area contributed by atoms with Gasteiger partial charge in [0.1, 0.15) is 0 Å². The molecule has 2 atom stereocenters. The standard InChI is InChI=1S/C14H21N5/c1-10-6-7-13-17-14(18-19(13)9-10)16-12-5-3-2-4-11(12)8-15/h6-7,9,11-12H,2-5,8,15H2,1H3,(H,16,18). The maximum absolute atomic E-state index is 5.86. The van der Waals surface area contributed by atoms with Crippen molar-refractivity contribution in [2.45, 2.75) is 38.6 Å². The minimum atomic E-state index is 0.414. The molecule has 2 heterocycles. The summed E-state index contributed by atoms with van der Waals surface area (Å²) in [6.45, 7) is 2.80. The van der Waals surface area contributed by atoms with Gasteiger partial charge in [0.05, 0.1) is 0 Å². The predicted octanol–water partition coefficient (Wildman–Crippen LogP) is 1.97. The summed E-state index contributed by atoms with van der Waals surface area (Å²) in [5.41, 5.74) is 7.92. The van der Waals surface area contributed by atoms with E-state index in [-0.39, 0.29) is 0 Å². The second-order valence-electron chi connectivity index (χ2n) is 5.48. The zero-order chi connectivity index (χ0) is 13.2. The first-order valence-corrected chi connectivity index (χ1v) is 7.06. The monoisotopic (exact) mass is 259 g/mol. The fourth-order valence-electron chi connectivity index (χ4n) is 2.89. The molecule has 1 fully saturated rings. The Morgan fingerprint density at radius 2 is 2.21 bits per heavy atom. The van der Waals surface area contributed by atoms with Gasteiger partial charge in [-0.25, -0.2) is 4.52 Å². The van der Waals surface area contributed by atoms with Crippen molar-refractivity contribution in [3.05, 3.63) is 23.9 Å². The second kappa shape index (κ2) is 5.17. The lowest BCUT2D eigenvalue weighted by atomic mass is 9.84. The smallest absolute Gasteiger partial charge is 0.243 e. The first-order chi connectivity index (χ1) is 9.26. The van der Waals surface area contributed by atoms with Gasteiger partial charge in [-0.1, -0.05) is 18.9 Å². The van der Waals surface area contributed by atoms with Gasteiger partial charge in [-0.15, -0.1) is 5.10 Å². The van der Waals surface area contributed by atoms with Gasteiger partial charge >= 0.3 is 0 Å². The van der Waals surface area contributed by atoms with Gasteiger partial charge in [0.25, 0.3) is 0 Å². The van der Waals surface area contributed by atoms with E-state index in [1.807, 2.05) is 16.8 Å². The normalized spacial score (nSPS) is 23.7. The lowest BCUT2D eigenvalue weighted by molar-refractivity contribution is 0.331. The zero-order valence-corrected chi connectivity index (χ0v) is 11.3. The first-order valence-electron chi connectivity index (χ1n) is 7.06. The molecule has 3 N–H and O–H groups in total. The Labute approximate surface area is 113 Å². The Morgan fingerprint density at radius 3 is 3.05 bits per heavy atom. The zero-order valence-electron chi connectivity index (χ0n) is 11.3. The molecule has 1 aliphatic carbocycles. The van der Waals surface area contributed by atoms with Crippen molar-refractivity contribution in [3.63, 3.8) is 0 Å². The van der Waals surface area contributed by atoms with Crippen molar-refractivity contribution >= 4 is 11.6 Å². The molecule has 0 saturated heterocycles. The van der Waals surface area contributed by atoms with Crippen LogP contribution >= 0.6 is 0 Å². The van der Waals surface area contributed by atoms with Gasteiger partial charge < -0.3 is 11.1 Å². The lowest BCUT2D eigenvalue weighted by Gasteiger charge is -2.30. The molecular formula is C14H21N5. The van der Waals surface area contributed by atoms with Gasteiger partial charge in [0, 0.05) is 12.2 Å². The molecule has 5 nitrogen and oxygen atoms in total. The minimum Gasteiger partial charge on any atom is -0.350 e. The van der Waals surface area contributed by atoms with Crippen LogP contribution in [0, 0.1) is 12.8 Å². The molecule has 2 aromatic heterocycles. The molecule has 0 radical (unpaired) electrons. The highest BCUT2D eigenvalue weighted by Crippen LogP contribution is 2.25. The number of hydrogen-bond donors (Lipinski definition) is 2. The highest BCUT2D eigenvalue weighted by Gasteiger charge is 2.24. The van der Waals surface area contributed by atoms with Crippen molar-refractivity contribution in [2.24, 2.45) is 11.7 Å². The number of anilines is 1. The second-order valence-corrected chi connectivity index (χ2v) is 5.48. The van der Waals surface area contributed by atoms with E-state index in [0.29, 0.717) is 12.0 Å². The highest BCUT2D eigenvalue weighted by molar-refractivity contribution is 5.44. The number of nitrogens with two attached hydrogens (primary N) is 1. The third kappa shape index (κ3) is 2.56. The van der Waals surface area contributed by atoms with Crippen molar-refractivity contribution in [1.82, 2.24) is 14.6 Å². The summed E-state index contributed by atoms with van der Waals surface area (Å²) < 4.78 is 1.83. The minimum absolute atomic E-state index is 0.414. The van der Waals surface area contributed by atoms with Crippen LogP contribution in [0.5, 0.6) is 0 Å². The van der Waals surface area contributed by atoms with Crippen molar-refractivity contribution < 1.29 is 0 Å². The predicted molar refractivity (Wildman–Crippen MR) is 76.1 cm³/mol. The number of hydrogen-bond acceptors (Lipinski definition) is 4. The van der Waals surface area contributed by atoms with Crippen LogP contribution in [0.25, 0.3) is 5.65 Å². The Morgan fingerprint density at radius 1 is 1.37 bits per heavy atom. The number of aryl methyl sites for hydroxylation is 1. The molecule has 2 aromatic rings. The molecule has 3 rings (SSSR count). The molecule has 1 aliphatic rings. The number of pyridine rings is 1. The molecule has 102 valence electrons.